The average Bonchev–Trinajstić information content (AvgIpc) is 3.40. The van der Waals surface area contributed by atoms with Crippen LogP contribution in [-0.4, -0.2) is 56.5 Å². The van der Waals surface area contributed by atoms with Crippen molar-refractivity contribution >= 4 is 34.4 Å². The molecule has 10 heteroatoms. The summed E-state index contributed by atoms with van der Waals surface area (Å²) in [6.07, 6.45) is -0.427. The van der Waals surface area contributed by atoms with E-state index in [1.807, 2.05) is 23.6 Å². The largest absolute Gasteiger partial charge is 0.456 e. The lowest BCUT2D eigenvalue weighted by atomic mass is 10.1. The Bertz CT molecular complexity index is 1030. The van der Waals surface area contributed by atoms with Crippen LogP contribution in [0, 0.1) is 0 Å². The first-order valence-electron chi connectivity index (χ1n) is 8.95. The Morgan fingerprint density at radius 2 is 1.97 bits per heavy atom. The number of carbonyl (C=O) groups excluding carboxylic acids is 2. The van der Waals surface area contributed by atoms with Crippen LogP contribution in [0.25, 0.3) is 21.6 Å². The molecule has 3 aromatic rings. The summed E-state index contributed by atoms with van der Waals surface area (Å²) in [4.78, 5) is 33.2. The second-order valence-electron chi connectivity index (χ2n) is 6.56. The summed E-state index contributed by atoms with van der Waals surface area (Å²) in [5.74, 6) is -1.13. The number of carbonyl (C=O) groups is 2. The third-order valence-electron chi connectivity index (χ3n) is 4.59. The highest BCUT2D eigenvalue weighted by atomic mass is 32.1. The molecule has 1 N–H and O–H groups in total. The summed E-state index contributed by atoms with van der Waals surface area (Å²) < 4.78 is 18.2. The molecule has 0 bridgehead atoms. The standard InChI is InChI=1S/C19H19N3O6S/c1-10(24)26-16-13(8-23)28-19(17(16)27-11(2)25)22-9-21-15-12(5-6-20-18(15)22)14-4-3-7-29-14/h3-7,9,13,16-17,19,23H,8H2,1-2H3/t13-,16-,17-,19-/m1/s1. The maximum absolute atomic E-state index is 11.7. The normalized spacial score (nSPS) is 24.0. The molecule has 1 saturated heterocycles. The predicted molar refractivity (Wildman–Crippen MR) is 103 cm³/mol. The van der Waals surface area contributed by atoms with Crippen molar-refractivity contribution in [3.8, 4) is 10.4 Å². The van der Waals surface area contributed by atoms with Crippen molar-refractivity contribution in [1.82, 2.24) is 14.5 Å². The predicted octanol–water partition coefficient (Wildman–Crippen LogP) is 1.91. The van der Waals surface area contributed by atoms with Crippen molar-refractivity contribution < 1.29 is 28.9 Å². The summed E-state index contributed by atoms with van der Waals surface area (Å²) in [5, 5.41) is 11.7. The fraction of sp³-hybridized carbons (Fsp3) is 0.368. The van der Waals surface area contributed by atoms with Gasteiger partial charge in [0.05, 0.1) is 12.9 Å². The van der Waals surface area contributed by atoms with Gasteiger partial charge in [-0.3, -0.25) is 14.2 Å². The Kier molecular flexibility index (Phi) is 5.31. The minimum Gasteiger partial charge on any atom is -0.456 e. The second kappa shape index (κ2) is 7.90. The minimum absolute atomic E-state index is 0.410. The van der Waals surface area contributed by atoms with Crippen LogP contribution in [0.15, 0.2) is 36.1 Å². The van der Waals surface area contributed by atoms with Gasteiger partial charge in [0.15, 0.2) is 24.1 Å². The molecule has 0 saturated carbocycles. The summed E-state index contributed by atoms with van der Waals surface area (Å²) >= 11 is 1.58. The van der Waals surface area contributed by atoms with E-state index >= 15 is 0 Å². The van der Waals surface area contributed by atoms with E-state index in [-0.39, 0.29) is 0 Å². The average molecular weight is 417 g/mol. The molecule has 9 nitrogen and oxygen atoms in total. The van der Waals surface area contributed by atoms with Crippen LogP contribution in [0.4, 0.5) is 0 Å². The number of fused-ring (bicyclic) bond motifs is 1. The topological polar surface area (TPSA) is 113 Å². The lowest BCUT2D eigenvalue weighted by Crippen LogP contribution is -2.40. The van der Waals surface area contributed by atoms with Gasteiger partial charge in [-0.15, -0.1) is 11.3 Å². The van der Waals surface area contributed by atoms with Crippen LogP contribution in [0.2, 0.25) is 0 Å². The zero-order chi connectivity index (χ0) is 20.5. The van der Waals surface area contributed by atoms with E-state index in [2.05, 4.69) is 9.97 Å². The van der Waals surface area contributed by atoms with Crippen LogP contribution >= 0.6 is 11.3 Å². The smallest absolute Gasteiger partial charge is 0.303 e. The molecule has 0 aromatic carbocycles. The van der Waals surface area contributed by atoms with Gasteiger partial charge >= 0.3 is 11.9 Å². The molecule has 1 aliphatic heterocycles. The van der Waals surface area contributed by atoms with E-state index in [4.69, 9.17) is 14.2 Å². The molecule has 0 unspecified atom stereocenters. The van der Waals surface area contributed by atoms with Gasteiger partial charge in [0.1, 0.15) is 11.6 Å². The molecule has 1 fully saturated rings. The minimum atomic E-state index is -0.960. The zero-order valence-corrected chi connectivity index (χ0v) is 16.5. The van der Waals surface area contributed by atoms with Crippen molar-refractivity contribution in [2.24, 2.45) is 0 Å². The monoisotopic (exact) mass is 417 g/mol. The Morgan fingerprint density at radius 1 is 1.21 bits per heavy atom. The van der Waals surface area contributed by atoms with Gasteiger partial charge in [0, 0.05) is 30.5 Å². The molecule has 3 aromatic heterocycles. The number of aliphatic hydroxyl groups is 1. The van der Waals surface area contributed by atoms with E-state index in [0.29, 0.717) is 11.2 Å². The molecule has 0 aliphatic carbocycles. The Morgan fingerprint density at radius 3 is 2.62 bits per heavy atom. The fourth-order valence-corrected chi connectivity index (χ4v) is 4.23. The van der Waals surface area contributed by atoms with Crippen LogP contribution in [-0.2, 0) is 23.8 Å². The Balaban J connectivity index is 1.78. The number of thiophene rings is 1. The first-order valence-corrected chi connectivity index (χ1v) is 9.83. The third kappa shape index (κ3) is 3.61. The summed E-state index contributed by atoms with van der Waals surface area (Å²) in [6, 6.07) is 5.82. The molecule has 4 heterocycles. The quantitative estimate of drug-likeness (QED) is 0.627. The highest BCUT2D eigenvalue weighted by molar-refractivity contribution is 7.13. The number of rotatable bonds is 5. The lowest BCUT2D eigenvalue weighted by Gasteiger charge is -2.23. The molecule has 4 rings (SSSR count). The number of nitrogens with zero attached hydrogens (tertiary/aromatic N) is 3. The van der Waals surface area contributed by atoms with E-state index in [1.54, 1.807) is 28.4 Å². The molecule has 0 amide bonds. The maximum Gasteiger partial charge on any atom is 0.303 e. The number of aliphatic hydroxyl groups excluding tert-OH is 1. The number of hydrogen-bond acceptors (Lipinski definition) is 9. The number of hydrogen-bond donors (Lipinski definition) is 1. The summed E-state index contributed by atoms with van der Waals surface area (Å²) in [7, 11) is 0. The van der Waals surface area contributed by atoms with Gasteiger partial charge in [-0.2, -0.15) is 0 Å². The van der Waals surface area contributed by atoms with Crippen LogP contribution in [0.3, 0.4) is 0 Å². The van der Waals surface area contributed by atoms with E-state index in [0.717, 1.165) is 10.4 Å². The van der Waals surface area contributed by atoms with Crippen LogP contribution in [0.5, 0.6) is 0 Å². The third-order valence-corrected chi connectivity index (χ3v) is 5.49. The van der Waals surface area contributed by atoms with Gasteiger partial charge in [-0.25, -0.2) is 9.97 Å². The van der Waals surface area contributed by atoms with Crippen molar-refractivity contribution in [1.29, 1.82) is 0 Å². The van der Waals surface area contributed by atoms with Gasteiger partial charge in [-0.05, 0) is 17.5 Å². The zero-order valence-electron chi connectivity index (χ0n) is 15.7. The first kappa shape index (κ1) is 19.5. The molecule has 152 valence electrons. The molecule has 1 aliphatic rings. The summed E-state index contributed by atoms with van der Waals surface area (Å²) in [5.41, 5.74) is 2.11. The molecule has 0 spiro atoms. The van der Waals surface area contributed by atoms with Gasteiger partial charge in [0.2, 0.25) is 0 Å². The van der Waals surface area contributed by atoms with Crippen molar-refractivity contribution in [3.05, 3.63) is 36.1 Å². The Labute approximate surface area is 169 Å². The van der Waals surface area contributed by atoms with Crippen molar-refractivity contribution in [2.75, 3.05) is 6.61 Å². The number of pyridine rings is 1. The number of ether oxygens (including phenoxy) is 3. The number of aromatic nitrogens is 3. The number of imidazole rings is 1. The molecule has 4 atom stereocenters. The van der Waals surface area contributed by atoms with Crippen molar-refractivity contribution in [2.45, 2.75) is 38.4 Å². The molecular weight excluding hydrogens is 398 g/mol. The molecule has 0 radical (unpaired) electrons. The van der Waals surface area contributed by atoms with Gasteiger partial charge < -0.3 is 19.3 Å². The van der Waals surface area contributed by atoms with Crippen LogP contribution in [0.1, 0.15) is 20.1 Å². The van der Waals surface area contributed by atoms with E-state index in [1.165, 1.54) is 13.8 Å². The Hall–Kier alpha value is -2.82. The van der Waals surface area contributed by atoms with Gasteiger partial charge in [-0.1, -0.05) is 6.07 Å². The highest BCUT2D eigenvalue weighted by Gasteiger charge is 2.50. The maximum atomic E-state index is 11.7. The fourth-order valence-electron chi connectivity index (χ4n) is 3.48. The second-order valence-corrected chi connectivity index (χ2v) is 7.50. The molecular formula is C19H19N3O6S. The SMILES string of the molecule is CC(=O)O[C@@H]1[C@H](OC(C)=O)[C@@H](CO)O[C@H]1n1cnc2c(-c3cccs3)ccnc21. The summed E-state index contributed by atoms with van der Waals surface area (Å²) in [6.45, 7) is 2.09. The van der Waals surface area contributed by atoms with E-state index in [9.17, 15) is 14.7 Å². The van der Waals surface area contributed by atoms with E-state index < -0.39 is 43.1 Å². The van der Waals surface area contributed by atoms with Crippen molar-refractivity contribution in [3.63, 3.8) is 0 Å². The van der Waals surface area contributed by atoms with Gasteiger partial charge in [0.25, 0.3) is 0 Å². The lowest BCUT2D eigenvalue weighted by molar-refractivity contribution is -0.165. The van der Waals surface area contributed by atoms with Crippen LogP contribution < -0.4 is 0 Å². The molecule has 29 heavy (non-hydrogen) atoms. The number of esters is 2. The first-order chi connectivity index (χ1) is 14.0. The highest BCUT2D eigenvalue weighted by Crippen LogP contribution is 2.37.